The number of rotatable bonds is 6. The van der Waals surface area contributed by atoms with Gasteiger partial charge in [0.15, 0.2) is 18.1 Å². The number of nitrogens with one attached hydrogen (secondary N) is 3. The highest BCUT2D eigenvalue weighted by atomic mass is 19.1. The topological polar surface area (TPSA) is 131 Å². The van der Waals surface area contributed by atoms with Crippen LogP contribution in [0.1, 0.15) is 31.1 Å². The lowest BCUT2D eigenvalue weighted by molar-refractivity contribution is -0.0528. The van der Waals surface area contributed by atoms with Crippen molar-refractivity contribution in [2.45, 2.75) is 43.2 Å². The highest BCUT2D eigenvalue weighted by Crippen LogP contribution is 2.57. The summed E-state index contributed by atoms with van der Waals surface area (Å²) in [5, 5.41) is 13.2. The fourth-order valence-electron chi connectivity index (χ4n) is 5.57. The minimum atomic E-state index is -1.51. The number of anilines is 3. The van der Waals surface area contributed by atoms with Crippen LogP contribution in [0.5, 0.6) is 0 Å². The van der Waals surface area contributed by atoms with E-state index in [0.717, 1.165) is 49.7 Å². The minimum Gasteiger partial charge on any atom is -0.441 e. The van der Waals surface area contributed by atoms with Crippen molar-refractivity contribution in [2.24, 2.45) is 5.92 Å². The van der Waals surface area contributed by atoms with Crippen molar-refractivity contribution in [3.8, 4) is 0 Å². The van der Waals surface area contributed by atoms with Crippen molar-refractivity contribution in [1.29, 1.82) is 0 Å². The summed E-state index contributed by atoms with van der Waals surface area (Å²) in [6.45, 7) is 2.76. The second-order valence-electron chi connectivity index (χ2n) is 10.1. The Labute approximate surface area is 205 Å². The molecule has 3 aromatic heterocycles. The normalized spacial score (nSPS) is 31.1. The Hall–Kier alpha value is -3.45. The molecule has 8 rings (SSSR count). The average Bonchev–Trinajstić information content (AvgIpc) is 3.57. The van der Waals surface area contributed by atoms with Gasteiger partial charge in [-0.3, -0.25) is 9.50 Å². The first-order valence-electron chi connectivity index (χ1n) is 12.3. The number of carbonyl (C=O) groups is 1. The molecule has 13 heteroatoms. The Morgan fingerprint density at radius 3 is 2.86 bits per heavy atom. The summed E-state index contributed by atoms with van der Waals surface area (Å²) in [7, 11) is 0. The number of hydrogen-bond donors (Lipinski definition) is 3. The van der Waals surface area contributed by atoms with Crippen molar-refractivity contribution >= 4 is 29.3 Å². The molecule has 2 aliphatic heterocycles. The Morgan fingerprint density at radius 1 is 1.25 bits per heavy atom. The lowest BCUT2D eigenvalue weighted by Gasteiger charge is -2.61. The Bertz CT molecular complexity index is 1270. The number of aromatic nitrogens is 5. The van der Waals surface area contributed by atoms with E-state index in [9.17, 15) is 4.79 Å². The van der Waals surface area contributed by atoms with Gasteiger partial charge in [-0.1, -0.05) is 0 Å². The van der Waals surface area contributed by atoms with Crippen molar-refractivity contribution in [2.75, 3.05) is 43.1 Å². The summed E-state index contributed by atoms with van der Waals surface area (Å²) in [6.07, 6.45) is 2.50. The number of nitrogens with zero attached hydrogens (tertiary/aromatic N) is 5. The number of H-pyrrole nitrogens is 1. The number of aromatic amines is 1. The molecule has 12 nitrogen and oxygen atoms in total. The van der Waals surface area contributed by atoms with Crippen LogP contribution < -0.4 is 15.5 Å². The number of hydrogen-bond acceptors (Lipinski definition) is 9. The maximum Gasteiger partial charge on any atom is 0.408 e. The smallest absolute Gasteiger partial charge is 0.408 e. The lowest BCUT2D eigenvalue weighted by atomic mass is 9.50. The van der Waals surface area contributed by atoms with Crippen molar-refractivity contribution in [3.05, 3.63) is 30.2 Å². The van der Waals surface area contributed by atoms with Gasteiger partial charge >= 0.3 is 6.09 Å². The molecule has 3 atom stereocenters. The van der Waals surface area contributed by atoms with Crippen LogP contribution in [-0.4, -0.2) is 81.4 Å². The third kappa shape index (κ3) is 3.73. The van der Waals surface area contributed by atoms with Crippen LogP contribution in [-0.2, 0) is 14.2 Å². The molecule has 0 spiro atoms. The number of alkyl halides is 1. The quantitative estimate of drug-likeness (QED) is 0.468. The molecule has 1 amide bonds. The van der Waals surface area contributed by atoms with E-state index < -0.39 is 24.5 Å². The Morgan fingerprint density at radius 2 is 2.08 bits per heavy atom. The van der Waals surface area contributed by atoms with Gasteiger partial charge in [-0.2, -0.15) is 10.1 Å². The van der Waals surface area contributed by atoms with Gasteiger partial charge in [-0.05, 0) is 25.2 Å². The molecule has 190 valence electrons. The third-order valence-electron chi connectivity index (χ3n) is 7.60. The van der Waals surface area contributed by atoms with E-state index in [1.165, 1.54) is 0 Å². The summed E-state index contributed by atoms with van der Waals surface area (Å²) in [6, 6.07) is 3.60. The monoisotopic (exact) mass is 498 g/mol. The standard InChI is InChI=1S/C23H27FN8O4/c24-19-15(36-22(33)28-23-9-13(10-23)11-23)12-35-20(19)14-7-16(30-29-14)26-21-27-18(31-3-5-34-6-4-31)8-17-25-1-2-32(17)21/h1-2,7-8,13,15,19-20H,3-6,9-12H2,(H,28,33)(H2,26,27,29,30)/t13?,15-,19+,20-,23?/m0/s1. The highest BCUT2D eigenvalue weighted by molar-refractivity contribution is 5.69. The number of carbonyl (C=O) groups excluding carboxylic acids is 1. The van der Waals surface area contributed by atoms with Gasteiger partial charge in [0.25, 0.3) is 0 Å². The van der Waals surface area contributed by atoms with Crippen LogP contribution in [0.25, 0.3) is 5.65 Å². The van der Waals surface area contributed by atoms with Gasteiger partial charge in [-0.15, -0.1) is 0 Å². The van der Waals surface area contributed by atoms with Crippen molar-refractivity contribution in [1.82, 2.24) is 29.9 Å². The predicted molar refractivity (Wildman–Crippen MR) is 125 cm³/mol. The zero-order valence-electron chi connectivity index (χ0n) is 19.5. The molecular formula is C23H27FN8O4. The molecule has 2 saturated heterocycles. The zero-order chi connectivity index (χ0) is 24.3. The predicted octanol–water partition coefficient (Wildman–Crippen LogP) is 2.09. The SMILES string of the molecule is O=C(NC12CC(C1)C2)O[C@H]1CO[C@@H](c2cc(Nc3nc(N4CCOCC4)cc4nccn34)n[nH]2)[C@@H]1F. The zero-order valence-corrected chi connectivity index (χ0v) is 19.5. The summed E-state index contributed by atoms with van der Waals surface area (Å²) < 4.78 is 33.4. The second kappa shape index (κ2) is 8.30. The van der Waals surface area contributed by atoms with E-state index in [4.69, 9.17) is 19.2 Å². The van der Waals surface area contributed by atoms with E-state index in [1.54, 1.807) is 18.5 Å². The molecule has 3 N–H and O–H groups in total. The van der Waals surface area contributed by atoms with Crippen molar-refractivity contribution in [3.63, 3.8) is 0 Å². The molecule has 0 radical (unpaired) electrons. The first kappa shape index (κ1) is 21.8. The number of morpholine rings is 1. The van der Waals surface area contributed by atoms with E-state index in [-0.39, 0.29) is 12.1 Å². The Kier molecular flexibility index (Phi) is 5.03. The summed E-state index contributed by atoms with van der Waals surface area (Å²) in [4.78, 5) is 23.5. The first-order valence-corrected chi connectivity index (χ1v) is 12.3. The van der Waals surface area contributed by atoms with Crippen LogP contribution >= 0.6 is 0 Å². The molecule has 36 heavy (non-hydrogen) atoms. The van der Waals surface area contributed by atoms with Gasteiger partial charge < -0.3 is 29.7 Å². The first-order chi connectivity index (χ1) is 17.6. The largest absolute Gasteiger partial charge is 0.441 e. The molecule has 3 saturated carbocycles. The molecule has 3 aromatic rings. The highest BCUT2D eigenvalue weighted by Gasteiger charge is 2.58. The lowest BCUT2D eigenvalue weighted by Crippen LogP contribution is -2.68. The molecule has 3 aliphatic carbocycles. The molecule has 5 heterocycles. The molecule has 5 aliphatic rings. The van der Waals surface area contributed by atoms with Crippen LogP contribution in [0, 0.1) is 5.92 Å². The number of imidazole rings is 1. The van der Waals surface area contributed by atoms with Crippen molar-refractivity contribution < 1.29 is 23.4 Å². The molecule has 0 aromatic carbocycles. The van der Waals surface area contributed by atoms with Crippen LogP contribution in [0.15, 0.2) is 24.5 Å². The number of ether oxygens (including phenoxy) is 3. The van der Waals surface area contributed by atoms with Gasteiger partial charge in [0.2, 0.25) is 5.95 Å². The average molecular weight is 499 g/mol. The third-order valence-corrected chi connectivity index (χ3v) is 7.60. The maximum atomic E-state index is 15.2. The number of amides is 1. The molecular weight excluding hydrogens is 471 g/mol. The van der Waals surface area contributed by atoms with E-state index in [2.05, 4.69) is 30.7 Å². The summed E-state index contributed by atoms with van der Waals surface area (Å²) in [5.74, 6) is 2.49. The fourth-order valence-corrected chi connectivity index (χ4v) is 5.57. The van der Waals surface area contributed by atoms with Crippen LogP contribution in [0.3, 0.4) is 0 Å². The van der Waals surface area contributed by atoms with Gasteiger partial charge in [0.05, 0.1) is 25.5 Å². The van der Waals surface area contributed by atoms with Crippen LogP contribution in [0.4, 0.5) is 26.8 Å². The van der Waals surface area contributed by atoms with Gasteiger partial charge in [-0.25, -0.2) is 14.2 Å². The summed E-state index contributed by atoms with van der Waals surface area (Å²) in [5.41, 5.74) is 1.07. The molecule has 2 bridgehead atoms. The van der Waals surface area contributed by atoms with E-state index in [0.29, 0.717) is 30.7 Å². The maximum absolute atomic E-state index is 15.2. The van der Waals surface area contributed by atoms with E-state index >= 15 is 4.39 Å². The van der Waals surface area contributed by atoms with E-state index in [1.807, 2.05) is 10.5 Å². The fraction of sp³-hybridized carbons (Fsp3) is 0.565. The number of fused-ring (bicyclic) bond motifs is 1. The molecule has 0 unspecified atom stereocenters. The van der Waals surface area contributed by atoms with Gasteiger partial charge in [0, 0.05) is 43.2 Å². The Balaban J connectivity index is 1.04. The second-order valence-corrected chi connectivity index (χ2v) is 10.1. The minimum absolute atomic E-state index is 0.0184. The van der Waals surface area contributed by atoms with Crippen LogP contribution in [0.2, 0.25) is 0 Å². The number of halogens is 1. The summed E-state index contributed by atoms with van der Waals surface area (Å²) >= 11 is 0. The number of alkyl carbamates (subject to hydrolysis) is 1. The molecule has 5 fully saturated rings. The van der Waals surface area contributed by atoms with Gasteiger partial charge in [0.1, 0.15) is 17.6 Å².